The number of nitrogens with one attached hydrogen (secondary N) is 1. The number of halogens is 1. The van der Waals surface area contributed by atoms with E-state index in [2.05, 4.69) is 39.1 Å². The molecule has 0 amide bonds. The van der Waals surface area contributed by atoms with E-state index >= 15 is 0 Å². The SMILES string of the molecule is Nc1nc(CCCN2CCc3ccccc32)cc[nH+]1.[I-]. The van der Waals surface area contributed by atoms with Crippen LogP contribution >= 0.6 is 0 Å². The van der Waals surface area contributed by atoms with Gasteiger partial charge in [0.05, 0.1) is 6.20 Å². The van der Waals surface area contributed by atoms with Gasteiger partial charge in [0.1, 0.15) is 5.69 Å². The molecular formula is C15H19IN4. The molecule has 2 aromatic rings. The summed E-state index contributed by atoms with van der Waals surface area (Å²) in [6.45, 7) is 2.22. The Hall–Kier alpha value is -1.37. The lowest BCUT2D eigenvalue weighted by atomic mass is 10.2. The lowest BCUT2D eigenvalue weighted by molar-refractivity contribution is -0.364. The van der Waals surface area contributed by atoms with Crippen molar-refractivity contribution in [2.75, 3.05) is 23.7 Å². The minimum atomic E-state index is 0. The average Bonchev–Trinajstić information content (AvgIpc) is 2.83. The van der Waals surface area contributed by atoms with Crippen LogP contribution in [-0.2, 0) is 12.8 Å². The summed E-state index contributed by atoms with van der Waals surface area (Å²) in [5.74, 6) is 0.490. The summed E-state index contributed by atoms with van der Waals surface area (Å²) in [6, 6.07) is 10.7. The monoisotopic (exact) mass is 382 g/mol. The van der Waals surface area contributed by atoms with Crippen molar-refractivity contribution >= 4 is 11.6 Å². The molecule has 106 valence electrons. The van der Waals surface area contributed by atoms with Gasteiger partial charge in [-0.25, -0.2) is 4.98 Å². The maximum atomic E-state index is 5.64. The van der Waals surface area contributed by atoms with E-state index in [1.54, 1.807) is 0 Å². The number of hydrogen-bond acceptors (Lipinski definition) is 3. The Morgan fingerprint density at radius 1 is 1.25 bits per heavy atom. The molecule has 0 spiro atoms. The van der Waals surface area contributed by atoms with Crippen molar-refractivity contribution < 1.29 is 29.0 Å². The van der Waals surface area contributed by atoms with Crippen LogP contribution in [0.5, 0.6) is 0 Å². The molecule has 1 aromatic carbocycles. The van der Waals surface area contributed by atoms with Gasteiger partial charge in [0.25, 0.3) is 0 Å². The van der Waals surface area contributed by atoms with E-state index in [-0.39, 0.29) is 24.0 Å². The van der Waals surface area contributed by atoms with Crippen LogP contribution in [0.3, 0.4) is 0 Å². The number of aromatic amines is 1. The number of rotatable bonds is 4. The van der Waals surface area contributed by atoms with Crippen LogP contribution in [0.2, 0.25) is 0 Å². The molecule has 0 atom stereocenters. The third kappa shape index (κ3) is 3.39. The smallest absolute Gasteiger partial charge is 0.387 e. The van der Waals surface area contributed by atoms with E-state index in [0.29, 0.717) is 5.95 Å². The first-order valence-corrected chi connectivity index (χ1v) is 6.79. The molecule has 1 aliphatic heterocycles. The van der Waals surface area contributed by atoms with Gasteiger partial charge < -0.3 is 28.9 Å². The Morgan fingerprint density at radius 2 is 2.10 bits per heavy atom. The summed E-state index contributed by atoms with van der Waals surface area (Å²) in [6.07, 6.45) is 5.09. The fraction of sp³-hybridized carbons (Fsp3) is 0.333. The molecule has 20 heavy (non-hydrogen) atoms. The van der Waals surface area contributed by atoms with E-state index in [9.17, 15) is 0 Å². The Kier molecular flexibility index (Phi) is 5.17. The number of nitrogen functional groups attached to an aromatic ring is 1. The highest BCUT2D eigenvalue weighted by atomic mass is 127. The number of fused-ring (bicyclic) bond motifs is 1. The summed E-state index contributed by atoms with van der Waals surface area (Å²) in [5.41, 5.74) is 9.57. The topological polar surface area (TPSA) is 56.3 Å². The molecule has 0 radical (unpaired) electrons. The van der Waals surface area contributed by atoms with Gasteiger partial charge >= 0.3 is 5.95 Å². The molecule has 1 aromatic heterocycles. The molecule has 0 fully saturated rings. The zero-order chi connectivity index (χ0) is 13.1. The number of aromatic nitrogens is 2. The van der Waals surface area contributed by atoms with E-state index in [1.165, 1.54) is 17.7 Å². The number of H-pyrrole nitrogens is 1. The number of para-hydroxylation sites is 1. The van der Waals surface area contributed by atoms with Gasteiger partial charge in [0, 0.05) is 31.3 Å². The quantitative estimate of drug-likeness (QED) is 0.654. The number of nitrogens with two attached hydrogens (primary N) is 1. The van der Waals surface area contributed by atoms with Crippen molar-refractivity contribution in [2.45, 2.75) is 19.3 Å². The van der Waals surface area contributed by atoms with E-state index in [0.717, 1.165) is 31.6 Å². The molecule has 0 saturated heterocycles. The van der Waals surface area contributed by atoms with Gasteiger partial charge in [-0.15, -0.1) is 0 Å². The summed E-state index contributed by atoms with van der Waals surface area (Å²) < 4.78 is 0. The fourth-order valence-corrected chi connectivity index (χ4v) is 2.68. The Morgan fingerprint density at radius 3 is 2.95 bits per heavy atom. The Bertz CT molecular complexity index is 573. The summed E-state index contributed by atoms with van der Waals surface area (Å²) >= 11 is 0. The number of nitrogens with zero attached hydrogens (tertiary/aromatic N) is 2. The highest BCUT2D eigenvalue weighted by Gasteiger charge is 2.17. The van der Waals surface area contributed by atoms with Gasteiger partial charge in [-0.05, 0) is 24.5 Å². The van der Waals surface area contributed by atoms with Crippen LogP contribution in [-0.4, -0.2) is 18.1 Å². The third-order valence-electron chi connectivity index (χ3n) is 3.62. The van der Waals surface area contributed by atoms with Crippen molar-refractivity contribution in [3.8, 4) is 0 Å². The van der Waals surface area contributed by atoms with Crippen LogP contribution in [0.15, 0.2) is 36.5 Å². The van der Waals surface area contributed by atoms with E-state index in [4.69, 9.17) is 5.73 Å². The molecule has 4 nitrogen and oxygen atoms in total. The molecule has 1 aliphatic rings. The lowest BCUT2D eigenvalue weighted by Crippen LogP contribution is -3.00. The van der Waals surface area contributed by atoms with Crippen molar-refractivity contribution in [3.63, 3.8) is 0 Å². The number of hydrogen-bond donors (Lipinski definition) is 1. The second kappa shape index (κ2) is 6.88. The Labute approximate surface area is 136 Å². The summed E-state index contributed by atoms with van der Waals surface area (Å²) in [4.78, 5) is 9.62. The predicted octanol–water partition coefficient (Wildman–Crippen LogP) is -1.52. The van der Waals surface area contributed by atoms with Crippen LogP contribution < -0.4 is 39.6 Å². The van der Waals surface area contributed by atoms with Gasteiger partial charge in [-0.3, -0.25) is 5.73 Å². The highest BCUT2D eigenvalue weighted by Crippen LogP contribution is 2.27. The van der Waals surface area contributed by atoms with Crippen molar-refractivity contribution in [1.29, 1.82) is 0 Å². The first-order valence-electron chi connectivity index (χ1n) is 6.79. The number of aryl methyl sites for hydroxylation is 1. The highest BCUT2D eigenvalue weighted by molar-refractivity contribution is 5.57. The van der Waals surface area contributed by atoms with Crippen molar-refractivity contribution in [2.24, 2.45) is 0 Å². The zero-order valence-corrected chi connectivity index (χ0v) is 13.5. The van der Waals surface area contributed by atoms with Gasteiger partial charge in [0.2, 0.25) is 0 Å². The second-order valence-electron chi connectivity index (χ2n) is 4.94. The van der Waals surface area contributed by atoms with Gasteiger partial charge in [-0.2, -0.15) is 0 Å². The standard InChI is InChI=1S/C15H18N4.HI/c16-15-17-9-7-13(18-15)5-3-10-19-11-8-12-4-1-2-6-14(12)19;/h1-2,4,6-7,9H,3,5,8,10-11H2,(H2,16,17,18);1H. The van der Waals surface area contributed by atoms with E-state index in [1.807, 2.05) is 12.3 Å². The second-order valence-corrected chi connectivity index (χ2v) is 4.94. The van der Waals surface area contributed by atoms with Crippen LogP contribution in [0.4, 0.5) is 11.6 Å². The minimum absolute atomic E-state index is 0. The van der Waals surface area contributed by atoms with Gasteiger partial charge in [-0.1, -0.05) is 23.2 Å². The maximum absolute atomic E-state index is 5.64. The minimum Gasteiger partial charge on any atom is -1.00 e. The van der Waals surface area contributed by atoms with Crippen LogP contribution in [0, 0.1) is 0 Å². The molecule has 0 unspecified atom stereocenters. The molecule has 3 N–H and O–H groups in total. The molecule has 3 rings (SSSR count). The summed E-state index contributed by atoms with van der Waals surface area (Å²) in [5, 5.41) is 0. The van der Waals surface area contributed by atoms with Crippen molar-refractivity contribution in [3.05, 3.63) is 47.8 Å². The lowest BCUT2D eigenvalue weighted by Gasteiger charge is -2.18. The van der Waals surface area contributed by atoms with Crippen LogP contribution in [0.1, 0.15) is 17.7 Å². The maximum Gasteiger partial charge on any atom is 0.387 e. The van der Waals surface area contributed by atoms with Crippen LogP contribution in [0.25, 0.3) is 0 Å². The number of benzene rings is 1. The normalized spacial score (nSPS) is 12.9. The molecule has 5 heteroatoms. The Balaban J connectivity index is 0.00000147. The largest absolute Gasteiger partial charge is 1.00 e. The van der Waals surface area contributed by atoms with Gasteiger partial charge in [0.15, 0.2) is 0 Å². The molecule has 0 bridgehead atoms. The fourth-order valence-electron chi connectivity index (χ4n) is 2.68. The van der Waals surface area contributed by atoms with Crippen molar-refractivity contribution in [1.82, 2.24) is 4.98 Å². The third-order valence-corrected chi connectivity index (χ3v) is 3.62. The first kappa shape index (κ1) is 15.0. The number of anilines is 2. The first-order chi connectivity index (χ1) is 9.33. The molecular weight excluding hydrogens is 363 g/mol. The average molecular weight is 382 g/mol. The zero-order valence-electron chi connectivity index (χ0n) is 11.3. The summed E-state index contributed by atoms with van der Waals surface area (Å²) in [7, 11) is 0. The molecule has 0 aliphatic carbocycles. The molecule has 0 saturated carbocycles. The van der Waals surface area contributed by atoms with E-state index < -0.39 is 0 Å². The predicted molar refractivity (Wildman–Crippen MR) is 75.9 cm³/mol. The molecule has 2 heterocycles.